The number of hydrogen-bond acceptors (Lipinski definition) is 3. The molecule has 6 heteroatoms. The topological polar surface area (TPSA) is 87.3 Å². The number of rotatable bonds is 20. The Morgan fingerprint density at radius 2 is 1.26 bits per heavy atom. The van der Waals surface area contributed by atoms with Gasteiger partial charge < -0.3 is 16.0 Å². The lowest BCUT2D eigenvalue weighted by Crippen LogP contribution is -2.46. The van der Waals surface area contributed by atoms with E-state index in [1.165, 1.54) is 77.6 Å². The van der Waals surface area contributed by atoms with Crippen LogP contribution in [-0.4, -0.2) is 36.9 Å². The van der Waals surface area contributed by atoms with Crippen molar-refractivity contribution >= 4 is 17.7 Å². The molecule has 0 aromatic heterocycles. The Hall–Kier alpha value is -1.85. The molecule has 0 saturated carbocycles. The van der Waals surface area contributed by atoms with Crippen LogP contribution in [0.1, 0.15) is 111 Å². The highest BCUT2D eigenvalue weighted by Crippen LogP contribution is 2.09. The Labute approximate surface area is 190 Å². The van der Waals surface area contributed by atoms with E-state index in [1.807, 2.05) is 0 Å². The van der Waals surface area contributed by atoms with Crippen LogP contribution in [0.5, 0.6) is 0 Å². The van der Waals surface area contributed by atoms with Crippen molar-refractivity contribution in [3.63, 3.8) is 0 Å². The van der Waals surface area contributed by atoms with Gasteiger partial charge in [0, 0.05) is 26.4 Å². The maximum atomic E-state index is 11.8. The van der Waals surface area contributed by atoms with E-state index in [1.54, 1.807) is 6.92 Å². The molecule has 1 unspecified atom stereocenters. The average molecular weight is 438 g/mol. The molecule has 3 amide bonds. The summed E-state index contributed by atoms with van der Waals surface area (Å²) in [6, 6.07) is -0.566. The van der Waals surface area contributed by atoms with Crippen molar-refractivity contribution in [2.45, 2.75) is 117 Å². The molecule has 0 aliphatic carbocycles. The van der Waals surface area contributed by atoms with E-state index in [2.05, 4.69) is 35.0 Å². The normalized spacial score (nSPS) is 12.0. The van der Waals surface area contributed by atoms with Crippen LogP contribution in [0.2, 0.25) is 0 Å². The number of amides is 3. The second-order valence-corrected chi connectivity index (χ2v) is 8.40. The second kappa shape index (κ2) is 21.4. The summed E-state index contributed by atoms with van der Waals surface area (Å²) < 4.78 is 0. The highest BCUT2D eigenvalue weighted by atomic mass is 16.2. The molecule has 0 bridgehead atoms. The van der Waals surface area contributed by atoms with Crippen LogP contribution in [0.3, 0.4) is 0 Å². The molecular weight excluding hydrogens is 390 g/mol. The third kappa shape index (κ3) is 21.2. The first-order valence-corrected chi connectivity index (χ1v) is 12.4. The maximum Gasteiger partial charge on any atom is 0.242 e. The minimum Gasteiger partial charge on any atom is -0.354 e. The lowest BCUT2D eigenvalue weighted by atomic mass is 10.1. The first-order valence-electron chi connectivity index (χ1n) is 12.4. The lowest BCUT2D eigenvalue weighted by Gasteiger charge is -2.13. The van der Waals surface area contributed by atoms with Crippen molar-refractivity contribution in [3.8, 4) is 0 Å². The van der Waals surface area contributed by atoms with E-state index in [9.17, 15) is 14.4 Å². The number of unbranched alkanes of at least 4 members (excludes halogenated alkanes) is 11. The second-order valence-electron chi connectivity index (χ2n) is 8.40. The van der Waals surface area contributed by atoms with E-state index >= 15 is 0 Å². The first kappa shape index (κ1) is 29.1. The van der Waals surface area contributed by atoms with Gasteiger partial charge in [-0.1, -0.05) is 70.4 Å². The molecule has 0 radical (unpaired) electrons. The predicted octanol–water partition coefficient (Wildman–Crippen LogP) is 4.78. The Kier molecular flexibility index (Phi) is 20.1. The van der Waals surface area contributed by atoms with Gasteiger partial charge in [-0.05, 0) is 39.0 Å². The molecule has 3 N–H and O–H groups in total. The van der Waals surface area contributed by atoms with Crippen molar-refractivity contribution in [1.82, 2.24) is 16.0 Å². The monoisotopic (exact) mass is 437 g/mol. The standard InChI is InChI=1S/C25H47N3O3/c1-4-5-6-7-8-9-10-11-12-13-14-15-16-17-18-19-24(30)26-20-21-27-25(31)22(2)28-23(3)29/h11-12,22H,4-10,13-21H2,1-3H3,(H,26,30)(H,27,31)(H,28,29)/b12-11-. The van der Waals surface area contributed by atoms with Crippen molar-refractivity contribution in [1.29, 1.82) is 0 Å². The lowest BCUT2D eigenvalue weighted by molar-refractivity contribution is -0.127. The molecule has 0 saturated heterocycles. The average Bonchev–Trinajstić information content (AvgIpc) is 2.73. The van der Waals surface area contributed by atoms with E-state index in [0.717, 1.165) is 12.8 Å². The summed E-state index contributed by atoms with van der Waals surface area (Å²) in [5, 5.41) is 8.03. The smallest absolute Gasteiger partial charge is 0.242 e. The third-order valence-corrected chi connectivity index (χ3v) is 5.23. The SMILES string of the molecule is CCCCCCCC/C=C\CCCCCCCC(=O)NCCNC(=O)C(C)NC(C)=O. The van der Waals surface area contributed by atoms with E-state index < -0.39 is 6.04 Å². The Morgan fingerprint density at radius 1 is 0.742 bits per heavy atom. The quantitative estimate of drug-likeness (QED) is 0.189. The van der Waals surface area contributed by atoms with E-state index in [-0.39, 0.29) is 17.7 Å². The molecule has 0 spiro atoms. The fourth-order valence-electron chi connectivity index (χ4n) is 3.36. The molecule has 0 aromatic carbocycles. The van der Waals surface area contributed by atoms with Crippen LogP contribution < -0.4 is 16.0 Å². The molecule has 0 aliphatic rings. The van der Waals surface area contributed by atoms with Gasteiger partial charge in [0.25, 0.3) is 0 Å². The van der Waals surface area contributed by atoms with Crippen LogP contribution in [0.25, 0.3) is 0 Å². The molecule has 0 rings (SSSR count). The fourth-order valence-corrected chi connectivity index (χ4v) is 3.36. The summed E-state index contributed by atoms with van der Waals surface area (Å²) >= 11 is 0. The molecule has 0 heterocycles. The largest absolute Gasteiger partial charge is 0.354 e. The minimum absolute atomic E-state index is 0.0294. The van der Waals surface area contributed by atoms with Crippen molar-refractivity contribution in [3.05, 3.63) is 12.2 Å². The molecule has 6 nitrogen and oxygen atoms in total. The van der Waals surface area contributed by atoms with Gasteiger partial charge in [0.1, 0.15) is 6.04 Å². The van der Waals surface area contributed by atoms with Crippen LogP contribution in [0.4, 0.5) is 0 Å². The van der Waals surface area contributed by atoms with E-state index in [0.29, 0.717) is 19.5 Å². The minimum atomic E-state index is -0.566. The van der Waals surface area contributed by atoms with Crippen LogP contribution in [0.15, 0.2) is 12.2 Å². The molecule has 0 fully saturated rings. The van der Waals surface area contributed by atoms with Gasteiger partial charge in [-0.15, -0.1) is 0 Å². The summed E-state index contributed by atoms with van der Waals surface area (Å²) in [5.74, 6) is -0.459. The van der Waals surface area contributed by atoms with Gasteiger partial charge in [0.15, 0.2) is 0 Å². The number of carbonyl (C=O) groups excluding carboxylic acids is 3. The van der Waals surface area contributed by atoms with Crippen LogP contribution >= 0.6 is 0 Å². The van der Waals surface area contributed by atoms with Crippen molar-refractivity contribution in [2.24, 2.45) is 0 Å². The zero-order valence-electron chi connectivity index (χ0n) is 20.3. The highest BCUT2D eigenvalue weighted by molar-refractivity contribution is 5.86. The van der Waals surface area contributed by atoms with Gasteiger partial charge in [0.2, 0.25) is 17.7 Å². The number of hydrogen-bond donors (Lipinski definition) is 3. The van der Waals surface area contributed by atoms with Gasteiger partial charge in [-0.2, -0.15) is 0 Å². The molecule has 0 aromatic rings. The summed E-state index contributed by atoms with van der Waals surface area (Å²) in [5.41, 5.74) is 0. The van der Waals surface area contributed by atoms with Gasteiger partial charge in [-0.25, -0.2) is 0 Å². The van der Waals surface area contributed by atoms with Gasteiger partial charge in [0.05, 0.1) is 0 Å². The molecule has 0 aliphatic heterocycles. The van der Waals surface area contributed by atoms with Crippen molar-refractivity contribution in [2.75, 3.05) is 13.1 Å². The number of carbonyl (C=O) groups is 3. The summed E-state index contributed by atoms with van der Waals surface area (Å²) in [6.45, 7) is 6.02. The van der Waals surface area contributed by atoms with Crippen LogP contribution in [0, 0.1) is 0 Å². The molecule has 31 heavy (non-hydrogen) atoms. The van der Waals surface area contributed by atoms with Gasteiger partial charge in [-0.3, -0.25) is 14.4 Å². The first-order chi connectivity index (χ1) is 15.0. The van der Waals surface area contributed by atoms with Gasteiger partial charge >= 0.3 is 0 Å². The summed E-state index contributed by atoms with van der Waals surface area (Å²) in [7, 11) is 0. The summed E-state index contributed by atoms with van der Waals surface area (Å²) in [4.78, 5) is 34.4. The highest BCUT2D eigenvalue weighted by Gasteiger charge is 2.12. The Morgan fingerprint density at radius 3 is 1.84 bits per heavy atom. The zero-order chi connectivity index (χ0) is 23.2. The number of nitrogens with one attached hydrogen (secondary N) is 3. The van der Waals surface area contributed by atoms with Crippen LogP contribution in [-0.2, 0) is 14.4 Å². The maximum absolute atomic E-state index is 11.8. The molecule has 180 valence electrons. The Balaban J connectivity index is 3.40. The fraction of sp³-hybridized carbons (Fsp3) is 0.800. The third-order valence-electron chi connectivity index (χ3n) is 5.23. The molecule has 1 atom stereocenters. The van der Waals surface area contributed by atoms with E-state index in [4.69, 9.17) is 0 Å². The number of allylic oxidation sites excluding steroid dienone is 2. The van der Waals surface area contributed by atoms with Crippen molar-refractivity contribution < 1.29 is 14.4 Å². The summed E-state index contributed by atoms with van der Waals surface area (Å²) in [6.07, 6.45) is 21.4. The zero-order valence-corrected chi connectivity index (χ0v) is 20.3. The predicted molar refractivity (Wildman–Crippen MR) is 129 cm³/mol. The Bertz CT molecular complexity index is 506. The molecular formula is C25H47N3O3.